The van der Waals surface area contributed by atoms with Crippen molar-refractivity contribution in [2.45, 2.75) is 19.3 Å². The largest absolute Gasteiger partial charge is 0.310 e. The quantitative estimate of drug-likeness (QED) is 0.489. The lowest BCUT2D eigenvalue weighted by Gasteiger charge is -2.18. The van der Waals surface area contributed by atoms with Crippen LogP contribution in [-0.2, 0) is 5.41 Å². The summed E-state index contributed by atoms with van der Waals surface area (Å²) in [4.78, 5) is 23.7. The molecule has 2 aromatic carbocycles. The van der Waals surface area contributed by atoms with E-state index in [4.69, 9.17) is 5.26 Å². The Labute approximate surface area is 185 Å². The number of aromatic nitrogens is 3. The highest BCUT2D eigenvalue weighted by atomic mass is 16.2. The normalized spacial score (nSPS) is 11.0. The maximum atomic E-state index is 13.2. The van der Waals surface area contributed by atoms with Crippen LogP contribution < -0.4 is 4.90 Å². The van der Waals surface area contributed by atoms with Crippen LogP contribution in [0.5, 0.6) is 0 Å². The molecule has 0 saturated carbocycles. The van der Waals surface area contributed by atoms with Crippen LogP contribution in [-0.4, -0.2) is 27.3 Å². The van der Waals surface area contributed by atoms with Gasteiger partial charge in [-0.1, -0.05) is 24.3 Å². The molecule has 0 aliphatic rings. The third kappa shape index (κ3) is 3.68. The number of rotatable bonds is 4. The Balaban J connectivity index is 1.74. The Kier molecular flexibility index (Phi) is 5.18. The van der Waals surface area contributed by atoms with Gasteiger partial charge in [0.05, 0.1) is 23.1 Å². The van der Waals surface area contributed by atoms with E-state index in [1.165, 1.54) is 4.90 Å². The molecule has 32 heavy (non-hydrogen) atoms. The molecule has 2 aromatic heterocycles. The molecule has 0 fully saturated rings. The molecular formula is C25H20N6O. The molecule has 0 bridgehead atoms. The van der Waals surface area contributed by atoms with Gasteiger partial charge < -0.3 is 9.30 Å². The molecule has 0 unspecified atom stereocenters. The second-order valence-corrected chi connectivity index (χ2v) is 7.97. The molecule has 2 heterocycles. The smallest absolute Gasteiger partial charge is 0.278 e. The van der Waals surface area contributed by atoms with Crippen molar-refractivity contribution < 1.29 is 4.79 Å². The van der Waals surface area contributed by atoms with Gasteiger partial charge in [-0.15, -0.1) is 0 Å². The summed E-state index contributed by atoms with van der Waals surface area (Å²) in [7, 11) is 1.67. The van der Waals surface area contributed by atoms with Gasteiger partial charge in [0.2, 0.25) is 0 Å². The van der Waals surface area contributed by atoms with E-state index in [1.54, 1.807) is 54.3 Å². The summed E-state index contributed by atoms with van der Waals surface area (Å²) >= 11 is 0. The first-order valence-corrected chi connectivity index (χ1v) is 9.98. The van der Waals surface area contributed by atoms with Crippen molar-refractivity contribution in [2.24, 2.45) is 0 Å². The molecular weight excluding hydrogens is 400 g/mol. The van der Waals surface area contributed by atoms with E-state index in [1.807, 2.05) is 38.1 Å². The first-order valence-electron chi connectivity index (χ1n) is 9.98. The number of carbonyl (C=O) groups is 1. The Morgan fingerprint density at radius 1 is 1.06 bits per heavy atom. The zero-order chi connectivity index (χ0) is 22.9. The lowest BCUT2D eigenvalue weighted by atomic mass is 9.86. The average Bonchev–Trinajstić information content (AvgIpc) is 3.31. The first-order chi connectivity index (χ1) is 15.3. The minimum Gasteiger partial charge on any atom is -0.310 e. The molecule has 0 atom stereocenters. The van der Waals surface area contributed by atoms with E-state index in [0.717, 1.165) is 11.1 Å². The zero-order valence-electron chi connectivity index (χ0n) is 17.9. The predicted octanol–water partition coefficient (Wildman–Crippen LogP) is 4.35. The minimum absolute atomic E-state index is 0.263. The van der Waals surface area contributed by atoms with E-state index < -0.39 is 5.41 Å². The van der Waals surface area contributed by atoms with Crippen molar-refractivity contribution in [2.75, 3.05) is 11.9 Å². The molecule has 0 radical (unpaired) electrons. The number of carbonyl (C=O) groups excluding carboxylic acids is 1. The van der Waals surface area contributed by atoms with E-state index in [9.17, 15) is 10.1 Å². The van der Waals surface area contributed by atoms with Gasteiger partial charge in [-0.3, -0.25) is 4.79 Å². The van der Waals surface area contributed by atoms with E-state index in [-0.39, 0.29) is 11.6 Å². The Bertz CT molecular complexity index is 1390. The molecule has 0 N–H and O–H groups in total. The van der Waals surface area contributed by atoms with Crippen molar-refractivity contribution in [3.05, 3.63) is 83.9 Å². The van der Waals surface area contributed by atoms with Gasteiger partial charge in [0.15, 0.2) is 5.65 Å². The highest BCUT2D eigenvalue weighted by Gasteiger charge is 2.21. The summed E-state index contributed by atoms with van der Waals surface area (Å²) < 4.78 is 1.77. The molecule has 0 saturated heterocycles. The third-order valence-electron chi connectivity index (χ3n) is 5.44. The standard InChI is InChI=1S/C25H20N6O/c1-25(2,16-27)19-8-6-18(7-9-19)22-23-28-12-13-31(23)15-21(29-22)24(32)30(3)20-10-4-17(14-26)5-11-20/h4-13,15H,1-3H3. The van der Waals surface area contributed by atoms with Crippen LogP contribution in [0, 0.1) is 22.7 Å². The summed E-state index contributed by atoms with van der Waals surface area (Å²) in [5, 5.41) is 18.4. The topological polar surface area (TPSA) is 98.1 Å². The van der Waals surface area contributed by atoms with Crippen molar-refractivity contribution >= 4 is 17.2 Å². The molecule has 0 spiro atoms. The number of anilines is 1. The minimum atomic E-state index is -0.601. The molecule has 7 nitrogen and oxygen atoms in total. The third-order valence-corrected chi connectivity index (χ3v) is 5.44. The van der Waals surface area contributed by atoms with Crippen molar-refractivity contribution in [1.82, 2.24) is 14.4 Å². The van der Waals surface area contributed by atoms with Crippen LogP contribution in [0.15, 0.2) is 67.1 Å². The van der Waals surface area contributed by atoms with Gasteiger partial charge in [0.1, 0.15) is 11.4 Å². The maximum absolute atomic E-state index is 13.2. The van der Waals surface area contributed by atoms with Crippen LogP contribution in [0.1, 0.15) is 35.5 Å². The molecule has 7 heteroatoms. The zero-order valence-corrected chi connectivity index (χ0v) is 17.9. The highest BCUT2D eigenvalue weighted by Crippen LogP contribution is 2.28. The van der Waals surface area contributed by atoms with E-state index >= 15 is 0 Å². The van der Waals surface area contributed by atoms with Crippen LogP contribution in [0.4, 0.5) is 5.69 Å². The van der Waals surface area contributed by atoms with Crippen molar-refractivity contribution in [3.63, 3.8) is 0 Å². The van der Waals surface area contributed by atoms with Gasteiger partial charge in [-0.25, -0.2) is 9.97 Å². The SMILES string of the molecule is CN(C(=O)c1cn2ccnc2c(-c2ccc(C(C)(C)C#N)cc2)n1)c1ccc(C#N)cc1. The van der Waals surface area contributed by atoms with Gasteiger partial charge in [0.25, 0.3) is 5.91 Å². The second-order valence-electron chi connectivity index (χ2n) is 7.97. The Morgan fingerprint density at radius 3 is 2.38 bits per heavy atom. The first kappa shape index (κ1) is 20.8. The molecule has 0 aliphatic carbocycles. The maximum Gasteiger partial charge on any atom is 0.278 e. The molecule has 4 aromatic rings. The Morgan fingerprint density at radius 2 is 1.75 bits per heavy atom. The van der Waals surface area contributed by atoms with Gasteiger partial charge >= 0.3 is 0 Å². The van der Waals surface area contributed by atoms with Crippen LogP contribution in [0.25, 0.3) is 16.9 Å². The fraction of sp³-hybridized carbons (Fsp3) is 0.160. The van der Waals surface area contributed by atoms with Crippen LogP contribution >= 0.6 is 0 Å². The van der Waals surface area contributed by atoms with Gasteiger partial charge in [0, 0.05) is 36.9 Å². The number of nitrogens with zero attached hydrogens (tertiary/aromatic N) is 6. The van der Waals surface area contributed by atoms with Crippen molar-refractivity contribution in [3.8, 4) is 23.4 Å². The molecule has 1 amide bonds. The number of fused-ring (bicyclic) bond motifs is 1. The Hall–Kier alpha value is -4.49. The fourth-order valence-corrected chi connectivity index (χ4v) is 3.39. The summed E-state index contributed by atoms with van der Waals surface area (Å²) in [5.74, 6) is -0.284. The number of benzene rings is 2. The fourth-order valence-electron chi connectivity index (χ4n) is 3.39. The number of hydrogen-bond donors (Lipinski definition) is 0. The molecule has 4 rings (SSSR count). The predicted molar refractivity (Wildman–Crippen MR) is 121 cm³/mol. The lowest BCUT2D eigenvalue weighted by Crippen LogP contribution is -2.27. The van der Waals surface area contributed by atoms with Gasteiger partial charge in [-0.05, 0) is 43.7 Å². The summed E-state index contributed by atoms with van der Waals surface area (Å²) in [6.07, 6.45) is 5.08. The number of nitriles is 2. The lowest BCUT2D eigenvalue weighted by molar-refractivity contribution is 0.0988. The van der Waals surface area contributed by atoms with E-state index in [0.29, 0.717) is 22.6 Å². The number of hydrogen-bond acceptors (Lipinski definition) is 5. The van der Waals surface area contributed by atoms with Crippen LogP contribution in [0.3, 0.4) is 0 Å². The van der Waals surface area contributed by atoms with E-state index in [2.05, 4.69) is 22.1 Å². The highest BCUT2D eigenvalue weighted by molar-refractivity contribution is 6.04. The van der Waals surface area contributed by atoms with Crippen LogP contribution in [0.2, 0.25) is 0 Å². The monoisotopic (exact) mass is 420 g/mol. The molecule has 156 valence electrons. The number of amides is 1. The molecule has 0 aliphatic heterocycles. The van der Waals surface area contributed by atoms with Crippen molar-refractivity contribution in [1.29, 1.82) is 10.5 Å². The average molecular weight is 420 g/mol. The summed E-state index contributed by atoms with van der Waals surface area (Å²) in [6, 6.07) is 18.7. The second kappa shape index (κ2) is 7.98. The summed E-state index contributed by atoms with van der Waals surface area (Å²) in [5.41, 5.74) is 3.76. The number of imidazole rings is 1. The summed E-state index contributed by atoms with van der Waals surface area (Å²) in [6.45, 7) is 3.73. The van der Waals surface area contributed by atoms with Gasteiger partial charge in [-0.2, -0.15) is 10.5 Å².